The SMILES string of the molecule is CCCCc1ccc(-c2cc(Br)c(C)c(Br)c2)cc1. The molecule has 2 aromatic carbocycles. The minimum absolute atomic E-state index is 1.15. The summed E-state index contributed by atoms with van der Waals surface area (Å²) in [5.74, 6) is 0. The zero-order valence-electron chi connectivity index (χ0n) is 11.3. The van der Waals surface area contributed by atoms with Crippen LogP contribution in [0.15, 0.2) is 45.3 Å². The first kappa shape index (κ1) is 14.8. The van der Waals surface area contributed by atoms with E-state index < -0.39 is 0 Å². The molecule has 0 aliphatic carbocycles. The van der Waals surface area contributed by atoms with Crippen LogP contribution in [0, 0.1) is 6.92 Å². The van der Waals surface area contributed by atoms with Crippen LogP contribution in [0.3, 0.4) is 0 Å². The second kappa shape index (κ2) is 6.71. The third-order valence-corrected chi connectivity index (χ3v) is 5.03. The van der Waals surface area contributed by atoms with Crippen molar-refractivity contribution in [3.63, 3.8) is 0 Å². The molecular weight excluding hydrogens is 364 g/mol. The molecule has 0 heterocycles. The van der Waals surface area contributed by atoms with Gasteiger partial charge < -0.3 is 0 Å². The third-order valence-electron chi connectivity index (χ3n) is 3.39. The van der Waals surface area contributed by atoms with Gasteiger partial charge in [0.1, 0.15) is 0 Å². The largest absolute Gasteiger partial charge is 0.0654 e. The minimum atomic E-state index is 1.15. The summed E-state index contributed by atoms with van der Waals surface area (Å²) in [6.45, 7) is 4.33. The Morgan fingerprint density at radius 2 is 1.47 bits per heavy atom. The Labute approximate surface area is 132 Å². The van der Waals surface area contributed by atoms with Crippen molar-refractivity contribution >= 4 is 31.9 Å². The van der Waals surface area contributed by atoms with Crippen LogP contribution in [0.4, 0.5) is 0 Å². The molecule has 0 aliphatic rings. The van der Waals surface area contributed by atoms with E-state index in [1.165, 1.54) is 41.5 Å². The lowest BCUT2D eigenvalue weighted by Crippen LogP contribution is -1.86. The molecule has 2 heteroatoms. The van der Waals surface area contributed by atoms with Crippen molar-refractivity contribution in [3.05, 3.63) is 56.5 Å². The summed E-state index contributed by atoms with van der Waals surface area (Å²) in [6.07, 6.45) is 3.69. The number of unbranched alkanes of at least 4 members (excludes halogenated alkanes) is 1. The van der Waals surface area contributed by atoms with Gasteiger partial charge in [0.2, 0.25) is 0 Å². The van der Waals surface area contributed by atoms with E-state index in [0.29, 0.717) is 0 Å². The molecule has 0 bridgehead atoms. The van der Waals surface area contributed by atoms with E-state index in [2.05, 4.69) is 82.1 Å². The number of benzene rings is 2. The molecular formula is C17H18Br2. The fourth-order valence-electron chi connectivity index (χ4n) is 2.06. The van der Waals surface area contributed by atoms with E-state index in [4.69, 9.17) is 0 Å². The van der Waals surface area contributed by atoms with Crippen LogP contribution in [0.2, 0.25) is 0 Å². The van der Waals surface area contributed by atoms with Crippen LogP contribution in [0.25, 0.3) is 11.1 Å². The van der Waals surface area contributed by atoms with Crippen LogP contribution in [0.5, 0.6) is 0 Å². The fraction of sp³-hybridized carbons (Fsp3) is 0.294. The average Bonchev–Trinajstić information content (AvgIpc) is 2.42. The van der Waals surface area contributed by atoms with Gasteiger partial charge in [0.05, 0.1) is 0 Å². The predicted molar refractivity (Wildman–Crippen MR) is 90.6 cm³/mol. The highest BCUT2D eigenvalue weighted by molar-refractivity contribution is 9.11. The van der Waals surface area contributed by atoms with Gasteiger partial charge in [-0.2, -0.15) is 0 Å². The van der Waals surface area contributed by atoms with E-state index in [-0.39, 0.29) is 0 Å². The summed E-state index contributed by atoms with van der Waals surface area (Å²) in [5.41, 5.74) is 5.17. The van der Waals surface area contributed by atoms with Crippen molar-refractivity contribution in [1.29, 1.82) is 0 Å². The molecule has 0 amide bonds. The Bertz CT molecular complexity index is 533. The lowest BCUT2D eigenvalue weighted by Gasteiger charge is -2.08. The van der Waals surface area contributed by atoms with Gasteiger partial charge in [0.25, 0.3) is 0 Å². The minimum Gasteiger partial charge on any atom is -0.0654 e. The lowest BCUT2D eigenvalue weighted by molar-refractivity contribution is 0.795. The smallest absolute Gasteiger partial charge is 0.0221 e. The molecule has 0 spiro atoms. The summed E-state index contributed by atoms with van der Waals surface area (Å²) in [7, 11) is 0. The van der Waals surface area contributed by atoms with Gasteiger partial charge >= 0.3 is 0 Å². The van der Waals surface area contributed by atoms with E-state index in [1.807, 2.05) is 0 Å². The number of aryl methyl sites for hydroxylation is 1. The van der Waals surface area contributed by atoms with Gasteiger partial charge in [-0.05, 0) is 54.2 Å². The summed E-state index contributed by atoms with van der Waals surface area (Å²) < 4.78 is 2.29. The van der Waals surface area contributed by atoms with Crippen molar-refractivity contribution in [2.45, 2.75) is 33.1 Å². The topological polar surface area (TPSA) is 0 Å². The van der Waals surface area contributed by atoms with E-state index in [0.717, 1.165) is 8.95 Å². The zero-order valence-corrected chi connectivity index (χ0v) is 14.5. The molecule has 100 valence electrons. The first-order valence-corrected chi connectivity index (χ1v) is 8.25. The monoisotopic (exact) mass is 380 g/mol. The molecule has 0 fully saturated rings. The number of hydrogen-bond acceptors (Lipinski definition) is 0. The van der Waals surface area contributed by atoms with Gasteiger partial charge in [-0.25, -0.2) is 0 Å². The van der Waals surface area contributed by atoms with Gasteiger partial charge in [0, 0.05) is 8.95 Å². The maximum absolute atomic E-state index is 3.61. The predicted octanol–water partition coefficient (Wildman–Crippen LogP) is 6.53. The molecule has 0 N–H and O–H groups in total. The van der Waals surface area contributed by atoms with Gasteiger partial charge in [0.15, 0.2) is 0 Å². The van der Waals surface area contributed by atoms with Crippen LogP contribution in [-0.2, 0) is 6.42 Å². The van der Waals surface area contributed by atoms with Crippen LogP contribution < -0.4 is 0 Å². The standard InChI is InChI=1S/C17H18Br2/c1-3-4-5-13-6-8-14(9-7-13)15-10-16(18)12(2)17(19)11-15/h6-11H,3-5H2,1-2H3. The summed E-state index contributed by atoms with van der Waals surface area (Å²) in [6, 6.07) is 13.3. The molecule has 0 atom stereocenters. The Kier molecular flexibility index (Phi) is 5.23. The molecule has 0 aliphatic heterocycles. The zero-order chi connectivity index (χ0) is 13.8. The van der Waals surface area contributed by atoms with Gasteiger partial charge in [-0.15, -0.1) is 0 Å². The molecule has 0 unspecified atom stereocenters. The summed E-state index contributed by atoms with van der Waals surface area (Å²) in [4.78, 5) is 0. The molecule has 19 heavy (non-hydrogen) atoms. The molecule has 0 saturated carbocycles. The maximum Gasteiger partial charge on any atom is 0.0221 e. The van der Waals surface area contributed by atoms with Crippen LogP contribution in [0.1, 0.15) is 30.9 Å². The van der Waals surface area contributed by atoms with E-state index in [9.17, 15) is 0 Å². The highest BCUT2D eigenvalue weighted by atomic mass is 79.9. The fourth-order valence-corrected chi connectivity index (χ4v) is 3.24. The first-order valence-electron chi connectivity index (χ1n) is 6.66. The van der Waals surface area contributed by atoms with Gasteiger partial charge in [-0.1, -0.05) is 69.5 Å². The third kappa shape index (κ3) is 3.70. The normalized spacial score (nSPS) is 10.7. The van der Waals surface area contributed by atoms with Crippen LogP contribution in [-0.4, -0.2) is 0 Å². The van der Waals surface area contributed by atoms with E-state index in [1.54, 1.807) is 0 Å². The number of hydrogen-bond donors (Lipinski definition) is 0. The Balaban J connectivity index is 2.27. The Morgan fingerprint density at radius 1 is 0.895 bits per heavy atom. The molecule has 2 rings (SSSR count). The second-order valence-electron chi connectivity index (χ2n) is 4.87. The molecule has 0 nitrogen and oxygen atoms in total. The second-order valence-corrected chi connectivity index (χ2v) is 6.57. The molecule has 0 radical (unpaired) electrons. The van der Waals surface area contributed by atoms with E-state index >= 15 is 0 Å². The van der Waals surface area contributed by atoms with Crippen molar-refractivity contribution in [1.82, 2.24) is 0 Å². The number of halogens is 2. The van der Waals surface area contributed by atoms with Gasteiger partial charge in [-0.3, -0.25) is 0 Å². The van der Waals surface area contributed by atoms with Crippen LogP contribution >= 0.6 is 31.9 Å². The summed E-state index contributed by atoms with van der Waals surface area (Å²) in [5, 5.41) is 0. The Morgan fingerprint density at radius 3 is 2.00 bits per heavy atom. The highest BCUT2D eigenvalue weighted by Gasteiger charge is 2.05. The maximum atomic E-state index is 3.61. The average molecular weight is 382 g/mol. The molecule has 2 aromatic rings. The molecule has 0 aromatic heterocycles. The van der Waals surface area contributed by atoms with Crippen molar-refractivity contribution in [2.75, 3.05) is 0 Å². The van der Waals surface area contributed by atoms with Crippen molar-refractivity contribution < 1.29 is 0 Å². The first-order chi connectivity index (χ1) is 9.11. The van der Waals surface area contributed by atoms with Crippen molar-refractivity contribution in [3.8, 4) is 11.1 Å². The quantitative estimate of drug-likeness (QED) is 0.564. The lowest BCUT2D eigenvalue weighted by atomic mass is 10.0. The summed E-state index contributed by atoms with van der Waals surface area (Å²) >= 11 is 7.23. The van der Waals surface area contributed by atoms with Crippen molar-refractivity contribution in [2.24, 2.45) is 0 Å². The Hall–Kier alpha value is -0.600. The number of rotatable bonds is 4. The highest BCUT2D eigenvalue weighted by Crippen LogP contribution is 2.31. The molecule has 0 saturated heterocycles.